The van der Waals surface area contributed by atoms with Gasteiger partial charge in [-0.05, 0) is 44.9 Å². The molecule has 0 bridgehead atoms. The summed E-state index contributed by atoms with van der Waals surface area (Å²) in [6.07, 6.45) is 30.7. The Morgan fingerprint density at radius 2 is 1.10 bits per heavy atom. The fraction of sp³-hybridized carbons (Fsp3) is 0.881. The Balaban J connectivity index is 2.42. The van der Waals surface area contributed by atoms with Crippen LogP contribution in [0, 0.1) is 0 Å². The second kappa shape index (κ2) is 33.3. The number of aliphatic hydroxyl groups excluding tert-OH is 5. The number of hydrogen-bond donors (Lipinski definition) is 6. The van der Waals surface area contributed by atoms with Crippen LogP contribution >= 0.6 is 0 Å². The first-order valence-corrected chi connectivity index (χ1v) is 21.1. The predicted octanol–water partition coefficient (Wildman–Crippen LogP) is 7.94. The Morgan fingerprint density at radius 1 is 0.647 bits per heavy atom. The van der Waals surface area contributed by atoms with E-state index < -0.39 is 49.5 Å². The molecule has 0 aromatic rings. The van der Waals surface area contributed by atoms with E-state index in [2.05, 4.69) is 31.3 Å². The van der Waals surface area contributed by atoms with Gasteiger partial charge in [-0.15, -0.1) is 0 Å². The molecular formula is C42H79NO8. The number of amides is 1. The number of rotatable bonds is 34. The van der Waals surface area contributed by atoms with E-state index in [9.17, 15) is 30.3 Å². The largest absolute Gasteiger partial charge is 0.394 e. The van der Waals surface area contributed by atoms with Crippen molar-refractivity contribution in [2.24, 2.45) is 0 Å². The topological polar surface area (TPSA) is 149 Å². The van der Waals surface area contributed by atoms with Crippen LogP contribution in [-0.2, 0) is 14.3 Å². The van der Waals surface area contributed by atoms with E-state index >= 15 is 0 Å². The van der Waals surface area contributed by atoms with Gasteiger partial charge in [0.05, 0.1) is 25.4 Å². The van der Waals surface area contributed by atoms with Crippen molar-refractivity contribution in [3.63, 3.8) is 0 Å². The predicted molar refractivity (Wildman–Crippen MR) is 207 cm³/mol. The summed E-state index contributed by atoms with van der Waals surface area (Å²) in [4.78, 5) is 12.9. The van der Waals surface area contributed by atoms with Crippen LogP contribution < -0.4 is 5.32 Å². The molecule has 1 amide bonds. The minimum Gasteiger partial charge on any atom is -0.394 e. The Kier molecular flexibility index (Phi) is 31.1. The number of aliphatic hydroxyl groups is 5. The lowest BCUT2D eigenvalue weighted by molar-refractivity contribution is -0.302. The lowest BCUT2D eigenvalue weighted by Crippen LogP contribution is -2.60. The normalized spacial score (nSPS) is 22.2. The maximum atomic E-state index is 12.9. The smallest absolute Gasteiger partial charge is 0.220 e. The van der Waals surface area contributed by atoms with Crippen LogP contribution in [0.1, 0.15) is 181 Å². The van der Waals surface area contributed by atoms with Gasteiger partial charge < -0.3 is 40.3 Å². The number of carbonyl (C=O) groups excluding carboxylic acids is 1. The molecule has 6 N–H and O–H groups in total. The molecule has 1 aliphatic rings. The standard InChI is InChI=1S/C42H79NO8/c1-3-5-7-9-11-13-15-17-18-20-22-24-26-28-30-32-38(46)43-35(34-50-42-41(49)40(48)39(47)37(33-44)51-42)36(45)31-29-27-25-23-21-19-16-14-12-10-8-6-4-2/h17-18,29,31,35-37,39-42,44-45,47-49H,3-16,19-28,30,32-34H2,1-2H3,(H,43,46)/b18-17+,31-29+/t35-,36+,37?,39?,40-,41?,42?/m0/s1. The summed E-state index contributed by atoms with van der Waals surface area (Å²) < 4.78 is 11.2. The Morgan fingerprint density at radius 3 is 1.59 bits per heavy atom. The molecule has 1 fully saturated rings. The third-order valence-electron chi connectivity index (χ3n) is 10.0. The molecular weight excluding hydrogens is 646 g/mol. The van der Waals surface area contributed by atoms with E-state index in [0.29, 0.717) is 6.42 Å². The SMILES string of the molecule is CCCCCCCC/C=C/CCCCCCCC(=O)N[C@@H](COC1OC(CO)C(O)[C@H](O)C1O)[C@H](O)/C=C/CCCCCCCCCCCCC. The highest BCUT2D eigenvalue weighted by Crippen LogP contribution is 2.22. The first-order valence-electron chi connectivity index (χ1n) is 21.1. The maximum absolute atomic E-state index is 12.9. The summed E-state index contributed by atoms with van der Waals surface area (Å²) in [5.41, 5.74) is 0. The van der Waals surface area contributed by atoms with Gasteiger partial charge in [0.1, 0.15) is 24.4 Å². The monoisotopic (exact) mass is 726 g/mol. The highest BCUT2D eigenvalue weighted by Gasteiger charge is 2.44. The van der Waals surface area contributed by atoms with Gasteiger partial charge in [0.15, 0.2) is 6.29 Å². The summed E-state index contributed by atoms with van der Waals surface area (Å²) in [5.74, 6) is -0.187. The molecule has 300 valence electrons. The Labute approximate surface area is 311 Å². The molecule has 0 spiro atoms. The average molecular weight is 726 g/mol. The number of carbonyl (C=O) groups is 1. The van der Waals surface area contributed by atoms with E-state index in [4.69, 9.17) is 9.47 Å². The summed E-state index contributed by atoms with van der Waals surface area (Å²) in [6.45, 7) is 3.74. The molecule has 9 nitrogen and oxygen atoms in total. The van der Waals surface area contributed by atoms with Crippen LogP contribution in [0.25, 0.3) is 0 Å². The van der Waals surface area contributed by atoms with Gasteiger partial charge in [-0.1, -0.05) is 154 Å². The molecule has 0 saturated carbocycles. The van der Waals surface area contributed by atoms with Gasteiger partial charge in [-0.25, -0.2) is 0 Å². The van der Waals surface area contributed by atoms with E-state index in [0.717, 1.165) is 57.8 Å². The second-order valence-corrected chi connectivity index (χ2v) is 14.8. The van der Waals surface area contributed by atoms with E-state index in [-0.39, 0.29) is 12.5 Å². The molecule has 0 aromatic carbocycles. The number of allylic oxidation sites excluding steroid dienone is 3. The third-order valence-corrected chi connectivity index (χ3v) is 10.0. The summed E-state index contributed by atoms with van der Waals surface area (Å²) >= 11 is 0. The highest BCUT2D eigenvalue weighted by molar-refractivity contribution is 5.76. The minimum atomic E-state index is -1.56. The molecule has 1 rings (SSSR count). The van der Waals surface area contributed by atoms with Crippen LogP contribution in [0.3, 0.4) is 0 Å². The molecule has 1 saturated heterocycles. The third kappa shape index (κ3) is 24.6. The van der Waals surface area contributed by atoms with Gasteiger partial charge in [-0.2, -0.15) is 0 Å². The van der Waals surface area contributed by atoms with Gasteiger partial charge in [0.2, 0.25) is 5.91 Å². The lowest BCUT2D eigenvalue weighted by Gasteiger charge is -2.40. The van der Waals surface area contributed by atoms with Crippen LogP contribution in [-0.4, -0.2) is 87.5 Å². The number of hydrogen-bond acceptors (Lipinski definition) is 8. The van der Waals surface area contributed by atoms with Gasteiger partial charge >= 0.3 is 0 Å². The second-order valence-electron chi connectivity index (χ2n) is 14.8. The Hall–Kier alpha value is -1.33. The molecule has 51 heavy (non-hydrogen) atoms. The first kappa shape index (κ1) is 47.7. The van der Waals surface area contributed by atoms with Crippen LogP contribution in [0.15, 0.2) is 24.3 Å². The summed E-state index contributed by atoms with van der Waals surface area (Å²) in [6, 6.07) is -0.804. The van der Waals surface area contributed by atoms with Crippen molar-refractivity contribution < 1.29 is 39.8 Å². The zero-order valence-electron chi connectivity index (χ0n) is 32.6. The minimum absolute atomic E-state index is 0.187. The summed E-state index contributed by atoms with van der Waals surface area (Å²) in [5, 5.41) is 54.0. The molecule has 9 heteroatoms. The molecule has 4 unspecified atom stereocenters. The summed E-state index contributed by atoms with van der Waals surface area (Å²) in [7, 11) is 0. The van der Waals surface area contributed by atoms with Crippen molar-refractivity contribution in [3.8, 4) is 0 Å². The van der Waals surface area contributed by atoms with Crippen molar-refractivity contribution in [2.45, 2.75) is 224 Å². The zero-order chi connectivity index (χ0) is 37.4. The van der Waals surface area contributed by atoms with Crippen LogP contribution in [0.4, 0.5) is 0 Å². The van der Waals surface area contributed by atoms with Crippen molar-refractivity contribution in [3.05, 3.63) is 24.3 Å². The van der Waals surface area contributed by atoms with E-state index in [1.165, 1.54) is 103 Å². The van der Waals surface area contributed by atoms with Crippen LogP contribution in [0.2, 0.25) is 0 Å². The zero-order valence-corrected chi connectivity index (χ0v) is 32.6. The van der Waals surface area contributed by atoms with E-state index in [1.807, 2.05) is 6.08 Å². The maximum Gasteiger partial charge on any atom is 0.220 e. The van der Waals surface area contributed by atoms with Gasteiger partial charge in [0, 0.05) is 6.42 Å². The highest BCUT2D eigenvalue weighted by atomic mass is 16.7. The quantitative estimate of drug-likeness (QED) is 0.0289. The molecule has 0 radical (unpaired) electrons. The molecule has 1 heterocycles. The van der Waals surface area contributed by atoms with Crippen molar-refractivity contribution >= 4 is 5.91 Å². The Bertz CT molecular complexity index is 853. The van der Waals surface area contributed by atoms with E-state index in [1.54, 1.807) is 6.08 Å². The fourth-order valence-corrected chi connectivity index (χ4v) is 6.56. The molecule has 0 aromatic heterocycles. The van der Waals surface area contributed by atoms with Gasteiger partial charge in [0.25, 0.3) is 0 Å². The van der Waals surface area contributed by atoms with Gasteiger partial charge in [-0.3, -0.25) is 4.79 Å². The molecule has 7 atom stereocenters. The lowest BCUT2D eigenvalue weighted by atomic mass is 9.99. The number of ether oxygens (including phenoxy) is 2. The average Bonchev–Trinajstić information content (AvgIpc) is 3.13. The first-order chi connectivity index (χ1) is 24.8. The number of unbranched alkanes of at least 4 members (excludes halogenated alkanes) is 22. The fourth-order valence-electron chi connectivity index (χ4n) is 6.56. The van der Waals surface area contributed by atoms with Crippen LogP contribution in [0.5, 0.6) is 0 Å². The molecule has 0 aliphatic carbocycles. The van der Waals surface area contributed by atoms with Crippen molar-refractivity contribution in [2.75, 3.05) is 13.2 Å². The van der Waals surface area contributed by atoms with Crippen molar-refractivity contribution in [1.29, 1.82) is 0 Å². The van der Waals surface area contributed by atoms with Crippen molar-refractivity contribution in [1.82, 2.24) is 5.32 Å². The number of nitrogens with one attached hydrogen (secondary N) is 1. The molecule has 1 aliphatic heterocycles.